The molecule has 0 saturated heterocycles. The molecule has 12 nitrogen and oxygen atoms in total. The first-order valence-electron chi connectivity index (χ1n) is 9.92. The van der Waals surface area contributed by atoms with Gasteiger partial charge in [0, 0.05) is 30.4 Å². The normalized spacial score (nSPS) is 11.7. The molecule has 1 aromatic carbocycles. The molecule has 0 bridgehead atoms. The number of carbonyl (C=O) groups is 3. The zero-order valence-corrected chi connectivity index (χ0v) is 17.7. The number of nitrogens with zero attached hydrogens (tertiary/aromatic N) is 3. The quantitative estimate of drug-likeness (QED) is 0.271. The van der Waals surface area contributed by atoms with E-state index >= 15 is 0 Å². The summed E-state index contributed by atoms with van der Waals surface area (Å²) in [6, 6.07) is 5.12. The minimum atomic E-state index is -1.30. The molecule has 12 heteroatoms. The summed E-state index contributed by atoms with van der Waals surface area (Å²) in [7, 11) is 0. The van der Waals surface area contributed by atoms with Crippen LogP contribution < -0.4 is 22.1 Å². The van der Waals surface area contributed by atoms with Crippen LogP contribution in [0.15, 0.2) is 30.5 Å². The van der Waals surface area contributed by atoms with E-state index in [1.807, 2.05) is 6.92 Å². The standard InChI is InChI=1S/C21H23N7O5/c1-10-12(9-25-18-16(10)17(22)27-21(23)28-18)8-24-13-4-2-11(3-5-13)19(31)26-14(20(32)33)6-7-15(29)30/h2-5,9,14,24H,6-8H2,1H3,(H,26,31)(H,29,30)(H,32,33)(H4,22,23,25,27,28)/t14-/m0/s1. The number of hydrogen-bond donors (Lipinski definition) is 6. The second kappa shape index (κ2) is 9.77. The van der Waals surface area contributed by atoms with Crippen molar-refractivity contribution in [3.63, 3.8) is 0 Å². The Labute approximate surface area is 188 Å². The molecule has 0 aliphatic rings. The third-order valence-electron chi connectivity index (χ3n) is 5.01. The summed E-state index contributed by atoms with van der Waals surface area (Å²) in [6.07, 6.45) is 1.09. The van der Waals surface area contributed by atoms with Crippen molar-refractivity contribution in [1.29, 1.82) is 0 Å². The van der Waals surface area contributed by atoms with Gasteiger partial charge < -0.3 is 32.3 Å². The third kappa shape index (κ3) is 5.61. The zero-order valence-electron chi connectivity index (χ0n) is 17.7. The van der Waals surface area contributed by atoms with Crippen molar-refractivity contribution in [1.82, 2.24) is 20.3 Å². The fourth-order valence-electron chi connectivity index (χ4n) is 3.21. The Morgan fingerprint density at radius 1 is 1.09 bits per heavy atom. The van der Waals surface area contributed by atoms with Gasteiger partial charge in [-0.3, -0.25) is 9.59 Å². The van der Waals surface area contributed by atoms with E-state index in [9.17, 15) is 19.5 Å². The number of aliphatic carboxylic acids is 2. The summed E-state index contributed by atoms with van der Waals surface area (Å²) >= 11 is 0. The first-order chi connectivity index (χ1) is 15.7. The molecule has 33 heavy (non-hydrogen) atoms. The molecule has 0 aliphatic heterocycles. The number of nitrogens with one attached hydrogen (secondary N) is 2. The van der Waals surface area contributed by atoms with E-state index < -0.39 is 23.9 Å². The van der Waals surface area contributed by atoms with Gasteiger partial charge in [0.2, 0.25) is 5.95 Å². The van der Waals surface area contributed by atoms with Crippen molar-refractivity contribution in [2.24, 2.45) is 0 Å². The van der Waals surface area contributed by atoms with Gasteiger partial charge in [0.1, 0.15) is 11.9 Å². The van der Waals surface area contributed by atoms with Gasteiger partial charge in [0.05, 0.1) is 5.39 Å². The Kier molecular flexibility index (Phi) is 6.86. The summed E-state index contributed by atoms with van der Waals surface area (Å²) in [4.78, 5) is 46.6. The lowest BCUT2D eigenvalue weighted by atomic mass is 10.1. The number of rotatable bonds is 9. The number of carboxylic acids is 2. The van der Waals surface area contributed by atoms with Crippen LogP contribution in [0, 0.1) is 6.92 Å². The smallest absolute Gasteiger partial charge is 0.326 e. The Balaban J connectivity index is 1.66. The topological polar surface area (TPSA) is 206 Å². The van der Waals surface area contributed by atoms with Crippen LogP contribution in [0.1, 0.15) is 34.3 Å². The highest BCUT2D eigenvalue weighted by Gasteiger charge is 2.21. The number of nitrogen functional groups attached to an aromatic ring is 2. The van der Waals surface area contributed by atoms with E-state index in [-0.39, 0.29) is 30.2 Å². The van der Waals surface area contributed by atoms with Gasteiger partial charge in [0.25, 0.3) is 5.91 Å². The van der Waals surface area contributed by atoms with Crippen LogP contribution in [0.2, 0.25) is 0 Å². The number of aryl methyl sites for hydroxylation is 1. The largest absolute Gasteiger partial charge is 0.481 e. The minimum absolute atomic E-state index is 0.0541. The number of aromatic nitrogens is 3. The maximum absolute atomic E-state index is 12.3. The highest BCUT2D eigenvalue weighted by molar-refractivity contribution is 5.97. The summed E-state index contributed by atoms with van der Waals surface area (Å²) in [5.74, 6) is -2.73. The molecular formula is C21H23N7O5. The molecule has 172 valence electrons. The molecule has 0 unspecified atom stereocenters. The number of carboxylic acid groups (broad SMARTS) is 2. The van der Waals surface area contributed by atoms with E-state index in [0.29, 0.717) is 23.3 Å². The SMILES string of the molecule is Cc1c(CNc2ccc(C(=O)N[C@@H](CCC(=O)O)C(=O)O)cc2)cnc2nc(N)nc(N)c12. The average molecular weight is 453 g/mol. The van der Waals surface area contributed by atoms with Crippen LogP contribution in [0.4, 0.5) is 17.5 Å². The van der Waals surface area contributed by atoms with Crippen LogP contribution in [0.25, 0.3) is 11.0 Å². The molecule has 0 aliphatic carbocycles. The fourth-order valence-corrected chi connectivity index (χ4v) is 3.21. The molecule has 3 rings (SSSR count). The predicted molar refractivity (Wildman–Crippen MR) is 120 cm³/mol. The van der Waals surface area contributed by atoms with Crippen LogP contribution in [-0.2, 0) is 16.1 Å². The molecular weight excluding hydrogens is 430 g/mol. The molecule has 0 saturated carbocycles. The van der Waals surface area contributed by atoms with E-state index in [2.05, 4.69) is 25.6 Å². The number of anilines is 3. The number of fused-ring (bicyclic) bond motifs is 1. The molecule has 2 aromatic heterocycles. The summed E-state index contributed by atoms with van der Waals surface area (Å²) in [6.45, 7) is 2.30. The van der Waals surface area contributed by atoms with E-state index in [1.165, 1.54) is 12.1 Å². The summed E-state index contributed by atoms with van der Waals surface area (Å²) in [5.41, 5.74) is 14.7. The molecule has 1 atom stereocenters. The summed E-state index contributed by atoms with van der Waals surface area (Å²) in [5, 5.41) is 24.1. The highest BCUT2D eigenvalue weighted by Crippen LogP contribution is 2.24. The highest BCUT2D eigenvalue weighted by atomic mass is 16.4. The van der Waals surface area contributed by atoms with Crippen molar-refractivity contribution < 1.29 is 24.6 Å². The zero-order chi connectivity index (χ0) is 24.1. The molecule has 0 fully saturated rings. The van der Waals surface area contributed by atoms with Crippen molar-refractivity contribution in [3.05, 3.63) is 47.2 Å². The number of pyridine rings is 1. The predicted octanol–water partition coefficient (Wildman–Crippen LogP) is 1.16. The number of nitrogens with two attached hydrogens (primary N) is 2. The van der Waals surface area contributed by atoms with Gasteiger partial charge in [-0.05, 0) is 48.7 Å². The first kappa shape index (κ1) is 23.2. The molecule has 8 N–H and O–H groups in total. The van der Waals surface area contributed by atoms with E-state index in [0.717, 1.165) is 11.1 Å². The lowest BCUT2D eigenvalue weighted by Gasteiger charge is -2.14. The van der Waals surface area contributed by atoms with E-state index in [4.69, 9.17) is 16.6 Å². The number of hydrogen-bond acceptors (Lipinski definition) is 9. The Morgan fingerprint density at radius 2 is 1.79 bits per heavy atom. The lowest BCUT2D eigenvalue weighted by Crippen LogP contribution is -2.41. The second-order valence-corrected chi connectivity index (χ2v) is 7.30. The average Bonchev–Trinajstić information content (AvgIpc) is 2.75. The molecule has 0 spiro atoms. The minimum Gasteiger partial charge on any atom is -0.481 e. The van der Waals surface area contributed by atoms with Gasteiger partial charge in [-0.1, -0.05) is 0 Å². The van der Waals surface area contributed by atoms with Gasteiger partial charge in [-0.25, -0.2) is 9.78 Å². The Hall–Kier alpha value is -4.48. The lowest BCUT2D eigenvalue weighted by molar-refractivity contribution is -0.140. The Bertz CT molecular complexity index is 1210. The van der Waals surface area contributed by atoms with Gasteiger partial charge in [-0.15, -0.1) is 0 Å². The van der Waals surface area contributed by atoms with Crippen LogP contribution in [0.5, 0.6) is 0 Å². The van der Waals surface area contributed by atoms with Crippen molar-refractivity contribution >= 4 is 46.3 Å². The maximum Gasteiger partial charge on any atom is 0.326 e. The van der Waals surface area contributed by atoms with Gasteiger partial charge >= 0.3 is 11.9 Å². The molecule has 1 amide bonds. The van der Waals surface area contributed by atoms with Crippen molar-refractivity contribution in [3.8, 4) is 0 Å². The van der Waals surface area contributed by atoms with Gasteiger partial charge in [-0.2, -0.15) is 9.97 Å². The van der Waals surface area contributed by atoms with Crippen LogP contribution in [-0.4, -0.2) is 49.1 Å². The number of carbonyl (C=O) groups excluding carboxylic acids is 1. The van der Waals surface area contributed by atoms with Crippen molar-refractivity contribution in [2.75, 3.05) is 16.8 Å². The monoisotopic (exact) mass is 453 g/mol. The molecule has 0 radical (unpaired) electrons. The number of benzene rings is 1. The fraction of sp³-hybridized carbons (Fsp3) is 0.238. The third-order valence-corrected chi connectivity index (χ3v) is 5.01. The van der Waals surface area contributed by atoms with Gasteiger partial charge in [0.15, 0.2) is 5.65 Å². The molecule has 3 aromatic rings. The summed E-state index contributed by atoms with van der Waals surface area (Å²) < 4.78 is 0. The number of amides is 1. The van der Waals surface area contributed by atoms with Crippen LogP contribution in [0.3, 0.4) is 0 Å². The first-order valence-corrected chi connectivity index (χ1v) is 9.92. The van der Waals surface area contributed by atoms with Crippen LogP contribution >= 0.6 is 0 Å². The Morgan fingerprint density at radius 3 is 2.42 bits per heavy atom. The van der Waals surface area contributed by atoms with Crippen molar-refractivity contribution in [2.45, 2.75) is 32.4 Å². The maximum atomic E-state index is 12.3. The van der Waals surface area contributed by atoms with E-state index in [1.54, 1.807) is 18.3 Å². The second-order valence-electron chi connectivity index (χ2n) is 7.30. The molecule has 2 heterocycles.